The van der Waals surface area contributed by atoms with E-state index in [0.717, 1.165) is 17.9 Å². The highest BCUT2D eigenvalue weighted by Gasteiger charge is 2.24. The van der Waals surface area contributed by atoms with E-state index in [4.69, 9.17) is 0 Å². The molecule has 1 atom stereocenters. The molecule has 0 heterocycles. The molecule has 1 aliphatic rings. The van der Waals surface area contributed by atoms with Gasteiger partial charge in [-0.25, -0.2) is 0 Å². The van der Waals surface area contributed by atoms with Crippen molar-refractivity contribution in [3.05, 3.63) is 70.8 Å². The molecular weight excluding hydrogens is 244 g/mol. The lowest BCUT2D eigenvalue weighted by Gasteiger charge is -2.13. The zero-order valence-electron chi connectivity index (χ0n) is 12.0. The van der Waals surface area contributed by atoms with Crippen LogP contribution in [-0.2, 0) is 12.8 Å². The van der Waals surface area contributed by atoms with E-state index in [1.807, 2.05) is 6.07 Å². The first-order chi connectivity index (χ1) is 9.76. The van der Waals surface area contributed by atoms with Gasteiger partial charge in [-0.15, -0.1) is 0 Å². The molecule has 1 saturated carbocycles. The Hall–Kier alpha value is -1.60. The predicted octanol–water partition coefficient (Wildman–Crippen LogP) is 4.40. The highest BCUT2D eigenvalue weighted by Crippen LogP contribution is 2.40. The van der Waals surface area contributed by atoms with Crippen molar-refractivity contribution in [1.29, 1.82) is 0 Å². The van der Waals surface area contributed by atoms with Gasteiger partial charge in [-0.3, -0.25) is 0 Å². The molecule has 0 aliphatic heterocycles. The van der Waals surface area contributed by atoms with Crippen LogP contribution in [-0.4, -0.2) is 5.11 Å². The Balaban J connectivity index is 1.71. The zero-order valence-corrected chi connectivity index (χ0v) is 12.0. The molecule has 1 N–H and O–H groups in total. The molecule has 0 spiro atoms. The van der Waals surface area contributed by atoms with Gasteiger partial charge in [-0.1, -0.05) is 55.5 Å². The summed E-state index contributed by atoms with van der Waals surface area (Å²) < 4.78 is 0. The van der Waals surface area contributed by atoms with E-state index in [-0.39, 0.29) is 0 Å². The van der Waals surface area contributed by atoms with Crippen molar-refractivity contribution in [2.45, 2.75) is 44.6 Å². The van der Waals surface area contributed by atoms with E-state index in [1.165, 1.54) is 29.5 Å². The molecule has 0 radical (unpaired) electrons. The summed E-state index contributed by atoms with van der Waals surface area (Å²) in [6, 6.07) is 17.1. The van der Waals surface area contributed by atoms with Gasteiger partial charge in [0.05, 0.1) is 6.10 Å². The van der Waals surface area contributed by atoms with E-state index < -0.39 is 6.10 Å². The maximum absolute atomic E-state index is 10.4. The van der Waals surface area contributed by atoms with Crippen LogP contribution in [0.25, 0.3) is 0 Å². The molecule has 20 heavy (non-hydrogen) atoms. The van der Waals surface area contributed by atoms with Crippen LogP contribution in [0, 0.1) is 0 Å². The van der Waals surface area contributed by atoms with E-state index >= 15 is 0 Å². The normalized spacial score (nSPS) is 16.1. The fourth-order valence-corrected chi connectivity index (χ4v) is 2.69. The molecular formula is C19H22O. The highest BCUT2D eigenvalue weighted by molar-refractivity contribution is 5.31. The second-order valence-corrected chi connectivity index (χ2v) is 5.83. The van der Waals surface area contributed by atoms with Gasteiger partial charge in [0.2, 0.25) is 0 Å². The summed E-state index contributed by atoms with van der Waals surface area (Å²) in [6.45, 7) is 2.16. The fourth-order valence-electron chi connectivity index (χ4n) is 2.69. The number of hydrogen-bond donors (Lipinski definition) is 1. The number of rotatable bonds is 5. The quantitative estimate of drug-likeness (QED) is 0.850. The lowest BCUT2D eigenvalue weighted by molar-refractivity contribution is 0.178. The average molecular weight is 266 g/mol. The maximum atomic E-state index is 10.4. The molecule has 1 unspecified atom stereocenters. The van der Waals surface area contributed by atoms with Crippen molar-refractivity contribution in [3.8, 4) is 0 Å². The Morgan fingerprint density at radius 2 is 1.75 bits per heavy atom. The summed E-state index contributed by atoms with van der Waals surface area (Å²) in [4.78, 5) is 0. The largest absolute Gasteiger partial charge is 0.388 e. The molecule has 2 aromatic rings. The van der Waals surface area contributed by atoms with Crippen molar-refractivity contribution in [1.82, 2.24) is 0 Å². The summed E-state index contributed by atoms with van der Waals surface area (Å²) in [5.74, 6) is 0.742. The predicted molar refractivity (Wildman–Crippen MR) is 82.9 cm³/mol. The zero-order chi connectivity index (χ0) is 13.9. The molecule has 2 aromatic carbocycles. The second kappa shape index (κ2) is 5.80. The van der Waals surface area contributed by atoms with Crippen molar-refractivity contribution >= 4 is 0 Å². The van der Waals surface area contributed by atoms with Gasteiger partial charge in [0.25, 0.3) is 0 Å². The minimum atomic E-state index is -0.402. The average Bonchev–Trinajstić information content (AvgIpc) is 3.33. The van der Waals surface area contributed by atoms with Crippen molar-refractivity contribution in [2.24, 2.45) is 0 Å². The van der Waals surface area contributed by atoms with Gasteiger partial charge in [-0.05, 0) is 47.4 Å². The standard InChI is InChI=1S/C19H22O/c1-2-14-6-8-15(9-7-14)12-19(20)18-5-3-4-17(13-18)16-10-11-16/h3-9,13,16,19-20H,2,10-12H2,1H3. The summed E-state index contributed by atoms with van der Waals surface area (Å²) >= 11 is 0. The van der Waals surface area contributed by atoms with Gasteiger partial charge >= 0.3 is 0 Å². The number of aliphatic hydroxyl groups is 1. The van der Waals surface area contributed by atoms with Gasteiger partial charge in [0.15, 0.2) is 0 Å². The van der Waals surface area contributed by atoms with E-state index in [0.29, 0.717) is 6.42 Å². The molecule has 0 amide bonds. The maximum Gasteiger partial charge on any atom is 0.0830 e. The van der Waals surface area contributed by atoms with Crippen LogP contribution in [0.4, 0.5) is 0 Å². The molecule has 0 bridgehead atoms. The lowest BCUT2D eigenvalue weighted by atomic mass is 9.98. The third kappa shape index (κ3) is 3.10. The van der Waals surface area contributed by atoms with Crippen molar-refractivity contribution < 1.29 is 5.11 Å². The number of hydrogen-bond acceptors (Lipinski definition) is 1. The third-order valence-corrected chi connectivity index (χ3v) is 4.20. The molecule has 0 aromatic heterocycles. The third-order valence-electron chi connectivity index (χ3n) is 4.20. The van der Waals surface area contributed by atoms with Crippen LogP contribution in [0.15, 0.2) is 48.5 Å². The van der Waals surface area contributed by atoms with Crippen LogP contribution in [0.1, 0.15) is 54.0 Å². The Morgan fingerprint density at radius 1 is 1.05 bits per heavy atom. The smallest absolute Gasteiger partial charge is 0.0830 e. The number of aliphatic hydroxyl groups excluding tert-OH is 1. The molecule has 104 valence electrons. The van der Waals surface area contributed by atoms with Gasteiger partial charge < -0.3 is 5.11 Å². The molecule has 1 aliphatic carbocycles. The number of benzene rings is 2. The topological polar surface area (TPSA) is 20.2 Å². The van der Waals surface area contributed by atoms with Crippen LogP contribution >= 0.6 is 0 Å². The summed E-state index contributed by atoms with van der Waals surface area (Å²) in [5, 5.41) is 10.4. The molecule has 1 fully saturated rings. The lowest BCUT2D eigenvalue weighted by Crippen LogP contribution is -2.02. The van der Waals surface area contributed by atoms with E-state index in [1.54, 1.807) is 0 Å². The molecule has 1 nitrogen and oxygen atoms in total. The first-order valence-electron chi connectivity index (χ1n) is 7.62. The minimum absolute atomic E-state index is 0.402. The molecule has 0 saturated heterocycles. The highest BCUT2D eigenvalue weighted by atomic mass is 16.3. The van der Waals surface area contributed by atoms with Gasteiger partial charge in [0, 0.05) is 6.42 Å². The van der Waals surface area contributed by atoms with Gasteiger partial charge in [0.1, 0.15) is 0 Å². The van der Waals surface area contributed by atoms with E-state index in [9.17, 15) is 5.11 Å². The van der Waals surface area contributed by atoms with Crippen LogP contribution in [0.2, 0.25) is 0 Å². The first-order valence-corrected chi connectivity index (χ1v) is 7.62. The Labute approximate surface area is 121 Å². The summed E-state index contributed by atoms with van der Waals surface area (Å²) in [6.07, 6.45) is 3.96. The van der Waals surface area contributed by atoms with Crippen molar-refractivity contribution in [3.63, 3.8) is 0 Å². The second-order valence-electron chi connectivity index (χ2n) is 5.83. The van der Waals surface area contributed by atoms with Crippen molar-refractivity contribution in [2.75, 3.05) is 0 Å². The number of aryl methyl sites for hydroxylation is 1. The Bertz CT molecular complexity index is 567. The summed E-state index contributed by atoms with van der Waals surface area (Å²) in [5.41, 5.74) is 4.99. The fraction of sp³-hybridized carbons (Fsp3) is 0.368. The van der Waals surface area contributed by atoms with Gasteiger partial charge in [-0.2, -0.15) is 0 Å². The van der Waals surface area contributed by atoms with Crippen LogP contribution < -0.4 is 0 Å². The monoisotopic (exact) mass is 266 g/mol. The van der Waals surface area contributed by atoms with E-state index in [2.05, 4.69) is 49.4 Å². The Kier molecular flexibility index (Phi) is 3.88. The minimum Gasteiger partial charge on any atom is -0.388 e. The molecule has 3 rings (SSSR count). The van der Waals surface area contributed by atoms with Crippen LogP contribution in [0.5, 0.6) is 0 Å². The van der Waals surface area contributed by atoms with Crippen LogP contribution in [0.3, 0.4) is 0 Å². The first kappa shape index (κ1) is 13.4. The Morgan fingerprint density at radius 3 is 2.40 bits per heavy atom. The molecule has 1 heteroatoms. The SMILES string of the molecule is CCc1ccc(CC(O)c2cccc(C3CC3)c2)cc1. The summed E-state index contributed by atoms with van der Waals surface area (Å²) in [7, 11) is 0.